The van der Waals surface area contributed by atoms with Crippen LogP contribution in [-0.4, -0.2) is 12.6 Å². The maximum absolute atomic E-state index is 14.9. The van der Waals surface area contributed by atoms with Crippen LogP contribution < -0.4 is 9.47 Å². The third-order valence-electron chi connectivity index (χ3n) is 7.29. The highest BCUT2D eigenvalue weighted by atomic mass is 19.2. The van der Waals surface area contributed by atoms with Crippen LogP contribution in [0.1, 0.15) is 84.5 Å². The largest absolute Gasteiger partial charge is 0.487 e. The fraction of sp³-hybridized carbons (Fsp3) is 0.552. The fourth-order valence-electron chi connectivity index (χ4n) is 4.96. The predicted molar refractivity (Wildman–Crippen MR) is 132 cm³/mol. The Morgan fingerprint density at radius 2 is 1.07 bits per heavy atom. The number of esters is 1. The number of rotatable bonds is 12. The van der Waals surface area contributed by atoms with Crippen LogP contribution in [0.5, 0.6) is 11.5 Å². The smallest absolute Gasteiger partial charge is 0.314 e. The molecule has 3 rings (SSSR count). The molecule has 0 atom stereocenters. The number of ether oxygens (including phenoxy) is 2. The van der Waals surface area contributed by atoms with Gasteiger partial charge in [0.25, 0.3) is 0 Å². The standard InChI is InChI=1S/C29H32F8O3/c1-3-5-7-9-15-10-12-16(13-11-15)29(38)40-28-25(36)21(32)18(22(33)26(28)37)17-19(30)23(34)27(24(35)20(17)31)39-14-8-6-4-2/h15-16H,3-14H2,1-2H3/t15-,16-. The van der Waals surface area contributed by atoms with Gasteiger partial charge in [-0.15, -0.1) is 0 Å². The van der Waals surface area contributed by atoms with Gasteiger partial charge in [0.2, 0.25) is 29.0 Å². The molecule has 0 N–H and O–H groups in total. The summed E-state index contributed by atoms with van der Waals surface area (Å²) in [5.74, 6) is -23.0. The van der Waals surface area contributed by atoms with E-state index in [2.05, 4.69) is 11.7 Å². The van der Waals surface area contributed by atoms with Gasteiger partial charge in [-0.3, -0.25) is 4.79 Å². The molecule has 0 saturated heterocycles. The summed E-state index contributed by atoms with van der Waals surface area (Å²) in [6.45, 7) is 3.59. The first-order valence-corrected chi connectivity index (χ1v) is 13.6. The van der Waals surface area contributed by atoms with E-state index in [-0.39, 0.29) is 6.61 Å². The molecule has 0 bridgehead atoms. The molecule has 2 aromatic carbocycles. The summed E-state index contributed by atoms with van der Waals surface area (Å²) >= 11 is 0. The van der Waals surface area contributed by atoms with Gasteiger partial charge in [0, 0.05) is 0 Å². The Bertz CT molecular complexity index is 1150. The zero-order valence-corrected chi connectivity index (χ0v) is 22.4. The van der Waals surface area contributed by atoms with Gasteiger partial charge >= 0.3 is 5.97 Å². The van der Waals surface area contributed by atoms with Gasteiger partial charge in [0.15, 0.2) is 29.0 Å². The van der Waals surface area contributed by atoms with Crippen LogP contribution in [0.25, 0.3) is 11.1 Å². The number of halogens is 8. The van der Waals surface area contributed by atoms with Crippen molar-refractivity contribution >= 4 is 5.97 Å². The number of carbonyl (C=O) groups excluding carboxylic acids is 1. The van der Waals surface area contributed by atoms with Crippen LogP contribution in [0.3, 0.4) is 0 Å². The second kappa shape index (κ2) is 14.2. The summed E-state index contributed by atoms with van der Waals surface area (Å²) in [5, 5.41) is 0. The number of benzene rings is 2. The van der Waals surface area contributed by atoms with Gasteiger partial charge in [-0.25, -0.2) is 17.6 Å². The fourth-order valence-corrected chi connectivity index (χ4v) is 4.96. The lowest BCUT2D eigenvalue weighted by atomic mass is 9.80. The molecule has 11 heteroatoms. The van der Waals surface area contributed by atoms with Crippen molar-refractivity contribution in [1.82, 2.24) is 0 Å². The van der Waals surface area contributed by atoms with E-state index in [9.17, 15) is 39.9 Å². The zero-order valence-electron chi connectivity index (χ0n) is 22.4. The van der Waals surface area contributed by atoms with Crippen LogP contribution in [0.4, 0.5) is 35.1 Å². The van der Waals surface area contributed by atoms with Crippen LogP contribution in [-0.2, 0) is 4.79 Å². The molecule has 1 saturated carbocycles. The normalized spacial score (nSPS) is 17.2. The predicted octanol–water partition coefficient (Wildman–Crippen LogP) is 9.33. The molecule has 0 spiro atoms. The first-order chi connectivity index (χ1) is 19.0. The molecule has 0 aromatic heterocycles. The van der Waals surface area contributed by atoms with E-state index in [4.69, 9.17) is 4.74 Å². The molecule has 222 valence electrons. The maximum atomic E-state index is 14.9. The van der Waals surface area contributed by atoms with Gasteiger partial charge in [0.1, 0.15) is 0 Å². The molecule has 0 unspecified atom stereocenters. The lowest BCUT2D eigenvalue weighted by molar-refractivity contribution is -0.140. The molecule has 3 nitrogen and oxygen atoms in total. The van der Waals surface area contributed by atoms with E-state index in [0.717, 1.165) is 25.7 Å². The van der Waals surface area contributed by atoms with Crippen LogP contribution in [0, 0.1) is 58.4 Å². The number of carbonyl (C=O) groups is 1. The van der Waals surface area contributed by atoms with E-state index in [0.29, 0.717) is 50.9 Å². The lowest BCUT2D eigenvalue weighted by Gasteiger charge is -2.27. The Morgan fingerprint density at radius 1 is 0.625 bits per heavy atom. The highest BCUT2D eigenvalue weighted by Crippen LogP contribution is 2.42. The Kier molecular flexibility index (Phi) is 11.2. The van der Waals surface area contributed by atoms with E-state index >= 15 is 0 Å². The summed E-state index contributed by atoms with van der Waals surface area (Å²) in [7, 11) is 0. The van der Waals surface area contributed by atoms with Gasteiger partial charge < -0.3 is 9.47 Å². The maximum Gasteiger partial charge on any atom is 0.314 e. The average Bonchev–Trinajstić information content (AvgIpc) is 2.95. The summed E-state index contributed by atoms with van der Waals surface area (Å²) in [5.41, 5.74) is -4.05. The quantitative estimate of drug-likeness (QED) is 0.0825. The molecule has 0 radical (unpaired) electrons. The Labute approximate surface area is 227 Å². The molecular weight excluding hydrogens is 548 g/mol. The summed E-state index contributed by atoms with van der Waals surface area (Å²) in [4.78, 5) is 12.5. The monoisotopic (exact) mass is 580 g/mol. The minimum Gasteiger partial charge on any atom is -0.487 e. The summed E-state index contributed by atoms with van der Waals surface area (Å²) in [6, 6.07) is 0. The molecule has 1 aliphatic carbocycles. The van der Waals surface area contributed by atoms with Crippen molar-refractivity contribution in [2.24, 2.45) is 11.8 Å². The Morgan fingerprint density at radius 3 is 1.55 bits per heavy atom. The minimum atomic E-state index is -2.39. The highest BCUT2D eigenvalue weighted by Gasteiger charge is 2.37. The van der Waals surface area contributed by atoms with E-state index in [1.165, 1.54) is 0 Å². The first-order valence-electron chi connectivity index (χ1n) is 13.6. The second-order valence-corrected chi connectivity index (χ2v) is 10.1. The molecular formula is C29H32F8O3. The second-order valence-electron chi connectivity index (χ2n) is 10.1. The Balaban J connectivity index is 1.87. The van der Waals surface area contributed by atoms with Crippen molar-refractivity contribution in [3.05, 3.63) is 46.5 Å². The topological polar surface area (TPSA) is 35.5 Å². The van der Waals surface area contributed by atoms with Crippen molar-refractivity contribution in [2.45, 2.75) is 84.5 Å². The molecule has 40 heavy (non-hydrogen) atoms. The van der Waals surface area contributed by atoms with E-state index < -0.39 is 81.1 Å². The average molecular weight is 581 g/mol. The van der Waals surface area contributed by atoms with Gasteiger partial charge in [0.05, 0.1) is 23.7 Å². The van der Waals surface area contributed by atoms with Crippen LogP contribution in [0.15, 0.2) is 0 Å². The lowest BCUT2D eigenvalue weighted by Crippen LogP contribution is -2.26. The van der Waals surface area contributed by atoms with Crippen molar-refractivity contribution in [1.29, 1.82) is 0 Å². The van der Waals surface area contributed by atoms with Crippen molar-refractivity contribution in [3.8, 4) is 22.6 Å². The van der Waals surface area contributed by atoms with Crippen LogP contribution >= 0.6 is 0 Å². The third-order valence-corrected chi connectivity index (χ3v) is 7.29. The van der Waals surface area contributed by atoms with Crippen molar-refractivity contribution in [3.63, 3.8) is 0 Å². The van der Waals surface area contributed by atoms with Crippen LogP contribution in [0.2, 0.25) is 0 Å². The molecule has 0 amide bonds. The molecule has 1 fully saturated rings. The highest BCUT2D eigenvalue weighted by molar-refractivity contribution is 5.76. The molecule has 0 heterocycles. The van der Waals surface area contributed by atoms with Gasteiger partial charge in [-0.1, -0.05) is 52.4 Å². The Hall–Kier alpha value is -2.85. The van der Waals surface area contributed by atoms with E-state index in [1.54, 1.807) is 0 Å². The van der Waals surface area contributed by atoms with Gasteiger partial charge in [-0.2, -0.15) is 17.6 Å². The van der Waals surface area contributed by atoms with Crippen molar-refractivity contribution < 1.29 is 49.4 Å². The van der Waals surface area contributed by atoms with Crippen molar-refractivity contribution in [2.75, 3.05) is 6.61 Å². The minimum absolute atomic E-state index is 0.292. The third kappa shape index (κ3) is 6.71. The first kappa shape index (κ1) is 31.7. The zero-order chi connectivity index (χ0) is 29.6. The molecule has 2 aromatic rings. The number of hydrogen-bond acceptors (Lipinski definition) is 3. The molecule has 1 aliphatic rings. The number of hydrogen-bond donors (Lipinski definition) is 0. The SMILES string of the molecule is CCCCCOc1c(F)c(F)c(-c2c(F)c(F)c(OC(=O)[C@H]3CC[C@H](CCCCC)CC3)c(F)c2F)c(F)c1F. The number of unbranched alkanes of at least 4 members (excludes halogenated alkanes) is 4. The summed E-state index contributed by atoms with van der Waals surface area (Å²) < 4.78 is 127. The summed E-state index contributed by atoms with van der Waals surface area (Å²) in [6.07, 6.45) is 7.79. The van der Waals surface area contributed by atoms with Gasteiger partial charge in [-0.05, 0) is 38.0 Å². The molecule has 0 aliphatic heterocycles. The van der Waals surface area contributed by atoms with E-state index in [1.807, 2.05) is 6.92 Å².